The number of hydrogen-bond acceptors (Lipinski definition) is 6. The Morgan fingerprint density at radius 3 is 2.91 bits per heavy atom. The second-order valence-electron chi connectivity index (χ2n) is 5.75. The molecule has 0 spiro atoms. The molecular formula is C14H20N6O3. The van der Waals surface area contributed by atoms with Crippen molar-refractivity contribution in [1.29, 1.82) is 0 Å². The fourth-order valence-corrected chi connectivity index (χ4v) is 2.60. The van der Waals surface area contributed by atoms with Crippen LogP contribution in [0, 0.1) is 0 Å². The molecule has 0 aromatic carbocycles. The minimum atomic E-state index is -0.330. The van der Waals surface area contributed by atoms with Gasteiger partial charge in [0.2, 0.25) is 5.88 Å². The van der Waals surface area contributed by atoms with Crippen molar-refractivity contribution in [3.63, 3.8) is 0 Å². The zero-order valence-electron chi connectivity index (χ0n) is 13.2. The lowest BCUT2D eigenvalue weighted by Gasteiger charge is -2.21. The third kappa shape index (κ3) is 3.27. The molecule has 2 aliphatic heterocycles. The largest absolute Gasteiger partial charge is 0.471 e. The zero-order chi connectivity index (χ0) is 16.4. The van der Waals surface area contributed by atoms with Crippen LogP contribution in [0.5, 0.6) is 5.88 Å². The second kappa shape index (κ2) is 6.27. The summed E-state index contributed by atoms with van der Waals surface area (Å²) in [4.78, 5) is 37.0. The number of hydrogen-bond donors (Lipinski definition) is 1. The van der Waals surface area contributed by atoms with E-state index in [1.54, 1.807) is 17.3 Å². The molecule has 2 saturated heterocycles. The smallest absolute Gasteiger partial charge is 0.328 e. The number of nitrogens with one attached hydrogen (secondary N) is 1. The molecule has 0 aliphatic carbocycles. The summed E-state index contributed by atoms with van der Waals surface area (Å²) in [7, 11) is 3.76. The molecule has 1 N–H and O–H groups in total. The number of urea groups is 2. The standard InChI is InChI=1S/C14H20N6O3/c1-18(2)11-7-15-8-12(17-11)23-10-3-5-19(9-10)14(22)20-6-4-16-13(20)21/h7-8,10H,3-6,9H2,1-2H3,(H,16,21). The maximum Gasteiger partial charge on any atom is 0.328 e. The molecule has 1 unspecified atom stereocenters. The van der Waals surface area contributed by atoms with E-state index in [1.165, 1.54) is 4.90 Å². The third-order valence-corrected chi connectivity index (χ3v) is 3.85. The van der Waals surface area contributed by atoms with E-state index in [9.17, 15) is 9.59 Å². The lowest BCUT2D eigenvalue weighted by atomic mass is 10.3. The van der Waals surface area contributed by atoms with E-state index in [0.717, 1.165) is 0 Å². The van der Waals surface area contributed by atoms with Crippen LogP contribution in [0.15, 0.2) is 12.4 Å². The van der Waals surface area contributed by atoms with Gasteiger partial charge in [-0.1, -0.05) is 0 Å². The number of nitrogens with zero attached hydrogens (tertiary/aromatic N) is 5. The highest BCUT2D eigenvalue weighted by Gasteiger charge is 2.35. The predicted molar refractivity (Wildman–Crippen MR) is 82.5 cm³/mol. The number of aromatic nitrogens is 2. The van der Waals surface area contributed by atoms with Crippen molar-refractivity contribution < 1.29 is 14.3 Å². The van der Waals surface area contributed by atoms with Crippen molar-refractivity contribution in [2.45, 2.75) is 12.5 Å². The van der Waals surface area contributed by atoms with Gasteiger partial charge in [0.05, 0.1) is 18.9 Å². The number of anilines is 1. The zero-order valence-corrected chi connectivity index (χ0v) is 13.2. The Balaban J connectivity index is 1.58. The molecule has 23 heavy (non-hydrogen) atoms. The fraction of sp³-hybridized carbons (Fsp3) is 0.571. The number of carbonyl (C=O) groups is 2. The Morgan fingerprint density at radius 1 is 1.39 bits per heavy atom. The molecule has 0 saturated carbocycles. The van der Waals surface area contributed by atoms with Crippen molar-refractivity contribution in [1.82, 2.24) is 25.1 Å². The summed E-state index contributed by atoms with van der Waals surface area (Å²) in [5.74, 6) is 1.15. The Morgan fingerprint density at radius 2 is 2.22 bits per heavy atom. The van der Waals surface area contributed by atoms with E-state index in [2.05, 4.69) is 15.3 Å². The van der Waals surface area contributed by atoms with Crippen LogP contribution < -0.4 is 15.0 Å². The Kier molecular flexibility index (Phi) is 4.18. The predicted octanol–water partition coefficient (Wildman–Crippen LogP) is 0.141. The number of ether oxygens (including phenoxy) is 1. The summed E-state index contributed by atoms with van der Waals surface area (Å²) in [6.45, 7) is 1.92. The molecule has 2 aliphatic rings. The maximum absolute atomic E-state index is 12.3. The molecule has 1 aromatic rings. The first-order valence-corrected chi connectivity index (χ1v) is 7.55. The minimum absolute atomic E-state index is 0.142. The minimum Gasteiger partial charge on any atom is -0.471 e. The first-order valence-electron chi connectivity index (χ1n) is 7.55. The SMILES string of the molecule is CN(C)c1cncc(OC2CCN(C(=O)N3CCNC3=O)C2)n1. The van der Waals surface area contributed by atoms with Gasteiger partial charge in [-0.2, -0.15) is 4.98 Å². The lowest BCUT2D eigenvalue weighted by Crippen LogP contribution is -2.44. The molecule has 2 fully saturated rings. The van der Waals surface area contributed by atoms with Gasteiger partial charge in [0.25, 0.3) is 0 Å². The van der Waals surface area contributed by atoms with Gasteiger partial charge in [0.1, 0.15) is 6.10 Å². The fourth-order valence-electron chi connectivity index (χ4n) is 2.60. The van der Waals surface area contributed by atoms with E-state index in [-0.39, 0.29) is 18.2 Å². The van der Waals surface area contributed by atoms with Crippen molar-refractivity contribution in [3.05, 3.63) is 12.4 Å². The van der Waals surface area contributed by atoms with E-state index >= 15 is 0 Å². The summed E-state index contributed by atoms with van der Waals surface area (Å²) in [5.41, 5.74) is 0. The van der Waals surface area contributed by atoms with Crippen molar-refractivity contribution in [2.75, 3.05) is 45.2 Å². The number of carbonyl (C=O) groups excluding carboxylic acids is 2. The number of imide groups is 1. The van der Waals surface area contributed by atoms with Crippen LogP contribution in [0.2, 0.25) is 0 Å². The Hall–Kier alpha value is -2.58. The van der Waals surface area contributed by atoms with E-state index in [0.29, 0.717) is 44.3 Å². The summed E-state index contributed by atoms with van der Waals surface area (Å²) >= 11 is 0. The number of amides is 4. The topological polar surface area (TPSA) is 90.9 Å². The summed E-state index contributed by atoms with van der Waals surface area (Å²) < 4.78 is 5.82. The third-order valence-electron chi connectivity index (χ3n) is 3.85. The highest BCUT2D eigenvalue weighted by atomic mass is 16.5. The molecule has 0 radical (unpaired) electrons. The second-order valence-corrected chi connectivity index (χ2v) is 5.75. The van der Waals surface area contributed by atoms with Crippen LogP contribution in [0.25, 0.3) is 0 Å². The molecule has 3 rings (SSSR count). The van der Waals surface area contributed by atoms with E-state index in [1.807, 2.05) is 19.0 Å². The molecule has 3 heterocycles. The number of likely N-dealkylation sites (tertiary alicyclic amines) is 1. The number of rotatable bonds is 3. The van der Waals surface area contributed by atoms with Gasteiger partial charge >= 0.3 is 12.1 Å². The highest BCUT2D eigenvalue weighted by Crippen LogP contribution is 2.19. The van der Waals surface area contributed by atoms with Gasteiger partial charge in [-0.3, -0.25) is 4.98 Å². The van der Waals surface area contributed by atoms with Crippen LogP contribution in [0.4, 0.5) is 15.4 Å². The molecule has 1 aromatic heterocycles. The van der Waals surface area contributed by atoms with Crippen LogP contribution >= 0.6 is 0 Å². The molecule has 9 heteroatoms. The van der Waals surface area contributed by atoms with Crippen molar-refractivity contribution >= 4 is 17.9 Å². The summed E-state index contributed by atoms with van der Waals surface area (Å²) in [6.07, 6.45) is 3.78. The van der Waals surface area contributed by atoms with Gasteiger partial charge in [-0.15, -0.1) is 0 Å². The molecule has 0 bridgehead atoms. The first kappa shape index (κ1) is 15.3. The Labute approximate surface area is 134 Å². The molecule has 1 atom stereocenters. The molecular weight excluding hydrogens is 300 g/mol. The maximum atomic E-state index is 12.3. The first-order chi connectivity index (χ1) is 11.0. The monoisotopic (exact) mass is 320 g/mol. The summed E-state index contributed by atoms with van der Waals surface area (Å²) in [6, 6.07) is -0.594. The normalized spacial score (nSPS) is 20.6. The van der Waals surface area contributed by atoms with Gasteiger partial charge in [-0.05, 0) is 0 Å². The van der Waals surface area contributed by atoms with Crippen LogP contribution in [-0.4, -0.2) is 78.2 Å². The molecule has 9 nitrogen and oxygen atoms in total. The highest BCUT2D eigenvalue weighted by molar-refractivity contribution is 5.95. The van der Waals surface area contributed by atoms with Crippen LogP contribution in [0.3, 0.4) is 0 Å². The van der Waals surface area contributed by atoms with E-state index in [4.69, 9.17) is 4.74 Å². The van der Waals surface area contributed by atoms with Crippen LogP contribution in [0.1, 0.15) is 6.42 Å². The molecule has 4 amide bonds. The Bertz CT molecular complexity index is 608. The average molecular weight is 320 g/mol. The van der Waals surface area contributed by atoms with Crippen molar-refractivity contribution in [3.8, 4) is 5.88 Å². The summed E-state index contributed by atoms with van der Waals surface area (Å²) in [5, 5.41) is 2.63. The van der Waals surface area contributed by atoms with Gasteiger partial charge in [-0.25, -0.2) is 14.5 Å². The van der Waals surface area contributed by atoms with Gasteiger partial charge in [0, 0.05) is 40.2 Å². The molecule has 124 valence electrons. The van der Waals surface area contributed by atoms with Crippen LogP contribution in [-0.2, 0) is 0 Å². The van der Waals surface area contributed by atoms with Gasteiger partial charge < -0.3 is 19.9 Å². The van der Waals surface area contributed by atoms with Crippen molar-refractivity contribution in [2.24, 2.45) is 0 Å². The van der Waals surface area contributed by atoms with Gasteiger partial charge in [0.15, 0.2) is 5.82 Å². The van der Waals surface area contributed by atoms with E-state index < -0.39 is 0 Å². The lowest BCUT2D eigenvalue weighted by molar-refractivity contribution is 0.160. The quantitative estimate of drug-likeness (QED) is 0.852. The average Bonchev–Trinajstić information content (AvgIpc) is 3.16.